The van der Waals surface area contributed by atoms with Crippen LogP contribution in [-0.2, 0) is 0 Å². The molecule has 2 nitrogen and oxygen atoms in total. The highest BCUT2D eigenvalue weighted by atomic mass is 15.2. The van der Waals surface area contributed by atoms with E-state index in [0.29, 0.717) is 0 Å². The van der Waals surface area contributed by atoms with Gasteiger partial charge in [0.2, 0.25) is 0 Å². The number of nitrogens with one attached hydrogen (secondary N) is 1. The molecule has 2 heteroatoms. The summed E-state index contributed by atoms with van der Waals surface area (Å²) in [6.07, 6.45) is 19.8. The lowest BCUT2D eigenvalue weighted by Gasteiger charge is -2.31. The highest BCUT2D eigenvalue weighted by Crippen LogP contribution is 2.19. The molecule has 0 fully saturated rings. The average molecular weight is 248 g/mol. The molecule has 102 valence electrons. The van der Waals surface area contributed by atoms with Crippen molar-refractivity contribution in [1.82, 2.24) is 10.2 Å². The van der Waals surface area contributed by atoms with Crippen LogP contribution in [0.25, 0.3) is 0 Å². The third kappa shape index (κ3) is 4.85. The third-order valence-electron chi connectivity index (χ3n) is 4.09. The first-order valence-corrected chi connectivity index (χ1v) is 7.74. The van der Waals surface area contributed by atoms with E-state index < -0.39 is 0 Å². The Kier molecular flexibility index (Phi) is 6.35. The first kappa shape index (κ1) is 13.7. The zero-order valence-corrected chi connectivity index (χ0v) is 11.6. The van der Waals surface area contributed by atoms with Crippen molar-refractivity contribution >= 4 is 0 Å². The molecule has 2 rings (SSSR count). The van der Waals surface area contributed by atoms with E-state index in [1.54, 1.807) is 0 Å². The molecule has 0 radical (unpaired) electrons. The van der Waals surface area contributed by atoms with Gasteiger partial charge in [0.1, 0.15) is 0 Å². The van der Waals surface area contributed by atoms with Crippen molar-refractivity contribution in [2.75, 3.05) is 19.6 Å². The van der Waals surface area contributed by atoms with Crippen molar-refractivity contribution < 1.29 is 0 Å². The molecule has 18 heavy (non-hydrogen) atoms. The molecule has 1 aliphatic carbocycles. The second-order valence-electron chi connectivity index (χ2n) is 5.52. The minimum Gasteiger partial charge on any atom is -0.390 e. The normalized spacial score (nSPS) is 26.9. The number of hydrogen-bond acceptors (Lipinski definition) is 2. The molecule has 0 aromatic heterocycles. The topological polar surface area (TPSA) is 15.3 Å². The van der Waals surface area contributed by atoms with Crippen molar-refractivity contribution in [3.63, 3.8) is 0 Å². The molecular formula is C16H28N2. The summed E-state index contributed by atoms with van der Waals surface area (Å²) in [6, 6.07) is 0.824. The van der Waals surface area contributed by atoms with E-state index in [1.165, 1.54) is 64.5 Å². The number of rotatable bonds is 1. The van der Waals surface area contributed by atoms with Gasteiger partial charge in [0.25, 0.3) is 0 Å². The van der Waals surface area contributed by atoms with Gasteiger partial charge in [-0.15, -0.1) is 0 Å². The Hall–Kier alpha value is -0.760. The summed E-state index contributed by atoms with van der Waals surface area (Å²) in [5.41, 5.74) is 0. The fourth-order valence-electron chi connectivity index (χ4n) is 3.04. The fraction of sp³-hybridized carbons (Fsp3) is 0.750. The van der Waals surface area contributed by atoms with Gasteiger partial charge in [0, 0.05) is 19.1 Å². The molecule has 0 aromatic carbocycles. The van der Waals surface area contributed by atoms with Crippen LogP contribution in [0.2, 0.25) is 0 Å². The van der Waals surface area contributed by atoms with Crippen LogP contribution in [0.15, 0.2) is 24.4 Å². The largest absolute Gasteiger partial charge is 0.390 e. The van der Waals surface area contributed by atoms with Crippen LogP contribution in [0.4, 0.5) is 0 Å². The van der Waals surface area contributed by atoms with Gasteiger partial charge < -0.3 is 5.32 Å². The monoisotopic (exact) mass is 248 g/mol. The van der Waals surface area contributed by atoms with E-state index in [2.05, 4.69) is 34.6 Å². The van der Waals surface area contributed by atoms with Crippen molar-refractivity contribution in [3.8, 4) is 0 Å². The van der Waals surface area contributed by atoms with Crippen LogP contribution in [0.1, 0.15) is 51.4 Å². The Morgan fingerprint density at radius 2 is 1.56 bits per heavy atom. The van der Waals surface area contributed by atoms with Crippen LogP contribution in [-0.4, -0.2) is 30.6 Å². The highest BCUT2D eigenvalue weighted by molar-refractivity contribution is 4.87. The van der Waals surface area contributed by atoms with Crippen molar-refractivity contribution in [3.05, 3.63) is 24.4 Å². The highest BCUT2D eigenvalue weighted by Gasteiger charge is 2.17. The maximum atomic E-state index is 3.40. The Morgan fingerprint density at radius 1 is 0.833 bits per heavy atom. The lowest BCUT2D eigenvalue weighted by atomic mass is 10.0. The van der Waals surface area contributed by atoms with Gasteiger partial charge in [-0.1, -0.05) is 18.2 Å². The van der Waals surface area contributed by atoms with Crippen LogP contribution in [0.3, 0.4) is 0 Å². The average Bonchev–Trinajstić information content (AvgIpc) is 2.61. The summed E-state index contributed by atoms with van der Waals surface area (Å²) in [7, 11) is 0. The molecule has 0 unspecified atom stereocenters. The van der Waals surface area contributed by atoms with Gasteiger partial charge in [0.05, 0.1) is 0 Å². The minimum absolute atomic E-state index is 0.824. The van der Waals surface area contributed by atoms with Crippen LogP contribution in [0, 0.1) is 0 Å². The molecule has 1 heterocycles. The van der Waals surface area contributed by atoms with Gasteiger partial charge in [-0.2, -0.15) is 0 Å². The second-order valence-corrected chi connectivity index (χ2v) is 5.52. The van der Waals surface area contributed by atoms with Gasteiger partial charge in [-0.05, 0) is 64.1 Å². The first-order chi connectivity index (χ1) is 8.97. The summed E-state index contributed by atoms with van der Waals surface area (Å²) in [5, 5.41) is 3.40. The summed E-state index contributed by atoms with van der Waals surface area (Å²) in [4.78, 5) is 2.74. The zero-order chi connectivity index (χ0) is 12.5. The number of hydrogen-bond donors (Lipinski definition) is 1. The molecule has 0 spiro atoms. The van der Waals surface area contributed by atoms with Gasteiger partial charge >= 0.3 is 0 Å². The van der Waals surface area contributed by atoms with Gasteiger partial charge in [0.15, 0.2) is 0 Å². The molecule has 0 saturated carbocycles. The summed E-state index contributed by atoms with van der Waals surface area (Å²) < 4.78 is 0. The molecule has 0 bridgehead atoms. The predicted molar refractivity (Wildman–Crippen MR) is 78.6 cm³/mol. The molecule has 0 saturated heterocycles. The molecule has 1 aliphatic heterocycles. The SMILES string of the molecule is C1=CCCCC(N2CCC/C=C\NCC2)CCC1. The van der Waals surface area contributed by atoms with Gasteiger partial charge in [-0.25, -0.2) is 0 Å². The molecule has 0 aromatic rings. The standard InChI is InChI=1S/C16H28N2/c1-2-4-7-11-16(10-6-3-1)18-14-9-5-8-12-17-13-15-18/h1-2,8,12,16-17H,3-7,9-11,13-15H2/b2-1?,12-8-. The molecule has 1 N–H and O–H groups in total. The Bertz CT molecular complexity index is 218. The summed E-state index contributed by atoms with van der Waals surface area (Å²) in [6.45, 7) is 3.60. The fourth-order valence-corrected chi connectivity index (χ4v) is 3.04. The maximum absolute atomic E-state index is 3.40. The molecule has 0 atom stereocenters. The Labute approximate surface area is 112 Å². The van der Waals surface area contributed by atoms with Gasteiger partial charge in [-0.3, -0.25) is 4.90 Å². The Balaban J connectivity index is 1.85. The van der Waals surface area contributed by atoms with Crippen LogP contribution in [0.5, 0.6) is 0 Å². The molecule has 2 aliphatic rings. The van der Waals surface area contributed by atoms with Crippen molar-refractivity contribution in [2.45, 2.75) is 57.4 Å². The lowest BCUT2D eigenvalue weighted by molar-refractivity contribution is 0.175. The zero-order valence-electron chi connectivity index (χ0n) is 11.6. The quantitative estimate of drug-likeness (QED) is 0.715. The molecular weight excluding hydrogens is 220 g/mol. The second kappa shape index (κ2) is 8.36. The smallest absolute Gasteiger partial charge is 0.0269 e. The van der Waals surface area contributed by atoms with Crippen LogP contribution >= 0.6 is 0 Å². The van der Waals surface area contributed by atoms with E-state index in [-0.39, 0.29) is 0 Å². The number of allylic oxidation sites excluding steroid dienone is 3. The molecule has 0 amide bonds. The van der Waals surface area contributed by atoms with E-state index in [9.17, 15) is 0 Å². The number of nitrogens with zero attached hydrogens (tertiary/aromatic N) is 1. The minimum atomic E-state index is 0.824. The summed E-state index contributed by atoms with van der Waals surface area (Å²) in [5.74, 6) is 0. The van der Waals surface area contributed by atoms with E-state index in [0.717, 1.165) is 12.6 Å². The van der Waals surface area contributed by atoms with E-state index >= 15 is 0 Å². The Morgan fingerprint density at radius 3 is 2.33 bits per heavy atom. The van der Waals surface area contributed by atoms with Crippen molar-refractivity contribution in [1.29, 1.82) is 0 Å². The maximum Gasteiger partial charge on any atom is 0.0269 e. The summed E-state index contributed by atoms with van der Waals surface area (Å²) >= 11 is 0. The first-order valence-electron chi connectivity index (χ1n) is 7.74. The van der Waals surface area contributed by atoms with Crippen LogP contribution < -0.4 is 5.32 Å². The third-order valence-corrected chi connectivity index (χ3v) is 4.09. The lowest BCUT2D eigenvalue weighted by Crippen LogP contribution is -2.39. The predicted octanol–water partition coefficient (Wildman–Crippen LogP) is 3.46. The van der Waals surface area contributed by atoms with E-state index in [4.69, 9.17) is 0 Å². The van der Waals surface area contributed by atoms with Crippen molar-refractivity contribution in [2.24, 2.45) is 0 Å². The van der Waals surface area contributed by atoms with E-state index in [1.807, 2.05) is 0 Å².